The highest BCUT2D eigenvalue weighted by atomic mass is 32.1. The molecule has 2 heterocycles. The monoisotopic (exact) mass is 485 g/mol. The van der Waals surface area contributed by atoms with Crippen molar-refractivity contribution in [2.45, 2.75) is 38.7 Å². The summed E-state index contributed by atoms with van der Waals surface area (Å²) in [6.45, 7) is 3.36. The molecule has 1 aliphatic carbocycles. The lowest BCUT2D eigenvalue weighted by Gasteiger charge is -2.16. The lowest BCUT2D eigenvalue weighted by Crippen LogP contribution is -2.30. The maximum Gasteiger partial charge on any atom is 0.341 e. The Labute approximate surface area is 198 Å². The van der Waals surface area contributed by atoms with Crippen LogP contribution < -0.4 is 15.7 Å². The van der Waals surface area contributed by atoms with Gasteiger partial charge in [0.1, 0.15) is 16.3 Å². The Hall–Kier alpha value is -3.66. The quantitative estimate of drug-likeness (QED) is 0.416. The number of rotatable bonds is 6. The summed E-state index contributed by atoms with van der Waals surface area (Å²) in [6.07, 6.45) is 0.184. The van der Waals surface area contributed by atoms with Gasteiger partial charge in [0.15, 0.2) is 6.10 Å². The van der Waals surface area contributed by atoms with Crippen molar-refractivity contribution in [1.82, 2.24) is 0 Å². The number of hydrogen-bond acceptors (Lipinski definition) is 9. The molecule has 9 nitrogen and oxygen atoms in total. The van der Waals surface area contributed by atoms with Gasteiger partial charge in [-0.15, -0.1) is 11.3 Å². The predicted octanol–water partition coefficient (Wildman–Crippen LogP) is 3.56. The van der Waals surface area contributed by atoms with Crippen LogP contribution in [-0.2, 0) is 25.5 Å². The third-order valence-electron chi connectivity index (χ3n) is 5.75. The summed E-state index contributed by atoms with van der Waals surface area (Å²) < 4.78 is 20.8. The summed E-state index contributed by atoms with van der Waals surface area (Å²) in [5.74, 6) is -1.81. The van der Waals surface area contributed by atoms with Gasteiger partial charge in [-0.25, -0.2) is 9.59 Å². The van der Waals surface area contributed by atoms with Crippen molar-refractivity contribution in [3.63, 3.8) is 0 Å². The van der Waals surface area contributed by atoms with E-state index in [9.17, 15) is 19.2 Å². The number of benzene rings is 1. The van der Waals surface area contributed by atoms with Crippen LogP contribution in [0, 0.1) is 6.92 Å². The molecule has 1 aromatic carbocycles. The van der Waals surface area contributed by atoms with E-state index in [1.54, 1.807) is 32.0 Å². The number of fused-ring (bicyclic) bond motifs is 2. The van der Waals surface area contributed by atoms with Gasteiger partial charge in [0, 0.05) is 22.4 Å². The Kier molecular flexibility index (Phi) is 6.43. The van der Waals surface area contributed by atoms with Crippen LogP contribution in [0.2, 0.25) is 0 Å². The van der Waals surface area contributed by atoms with Crippen LogP contribution in [-0.4, -0.2) is 38.2 Å². The molecule has 1 amide bonds. The number of ether oxygens (including phenoxy) is 3. The zero-order valence-corrected chi connectivity index (χ0v) is 19.9. The van der Waals surface area contributed by atoms with E-state index in [-0.39, 0.29) is 5.56 Å². The summed E-state index contributed by atoms with van der Waals surface area (Å²) in [5.41, 5.74) is 1.37. The minimum atomic E-state index is -0.937. The summed E-state index contributed by atoms with van der Waals surface area (Å²) in [5, 5.41) is 3.80. The molecule has 178 valence electrons. The zero-order chi connectivity index (χ0) is 24.6. The van der Waals surface area contributed by atoms with Crippen LogP contribution in [0.3, 0.4) is 0 Å². The highest BCUT2D eigenvalue weighted by Gasteiger charge is 2.38. The lowest BCUT2D eigenvalue weighted by molar-refractivity contribution is -0.142. The number of esters is 2. The predicted molar refractivity (Wildman–Crippen MR) is 125 cm³/mol. The van der Waals surface area contributed by atoms with Gasteiger partial charge in [0.05, 0.1) is 25.7 Å². The molecule has 1 aliphatic rings. The number of amides is 1. The van der Waals surface area contributed by atoms with Crippen LogP contribution >= 0.6 is 11.3 Å². The first-order valence-corrected chi connectivity index (χ1v) is 11.4. The van der Waals surface area contributed by atoms with Crippen LogP contribution in [0.5, 0.6) is 5.75 Å². The van der Waals surface area contributed by atoms with E-state index in [4.69, 9.17) is 18.6 Å². The van der Waals surface area contributed by atoms with Crippen LogP contribution in [0.25, 0.3) is 11.0 Å². The van der Waals surface area contributed by atoms with E-state index >= 15 is 0 Å². The van der Waals surface area contributed by atoms with E-state index < -0.39 is 35.5 Å². The van der Waals surface area contributed by atoms with Crippen molar-refractivity contribution in [3.8, 4) is 5.75 Å². The number of hydrogen-bond donors (Lipinski definition) is 1. The van der Waals surface area contributed by atoms with Crippen LogP contribution in [0.15, 0.2) is 33.5 Å². The SMILES string of the molecule is COC(=O)c1c(NC(=O)C(C)Oc2ccc3c(C)cc(=O)oc3c2)sc2c1C(C(=O)OC)CC2. The molecule has 2 aromatic heterocycles. The third kappa shape index (κ3) is 4.28. The van der Waals surface area contributed by atoms with Gasteiger partial charge >= 0.3 is 17.6 Å². The fraction of sp³-hybridized carbons (Fsp3) is 0.333. The molecule has 0 aliphatic heterocycles. The smallest absolute Gasteiger partial charge is 0.341 e. The molecule has 2 unspecified atom stereocenters. The van der Waals surface area contributed by atoms with Gasteiger partial charge in [-0.2, -0.15) is 0 Å². The second-order valence-electron chi connectivity index (χ2n) is 7.90. The Bertz CT molecular complexity index is 1350. The van der Waals surface area contributed by atoms with E-state index in [0.29, 0.717) is 34.7 Å². The average Bonchev–Trinajstić information content (AvgIpc) is 3.36. The number of aryl methyl sites for hydroxylation is 2. The van der Waals surface area contributed by atoms with E-state index in [0.717, 1.165) is 15.8 Å². The molecular formula is C24H23NO8S. The molecule has 2 atom stereocenters. The van der Waals surface area contributed by atoms with Crippen molar-refractivity contribution in [2.75, 3.05) is 19.5 Å². The Morgan fingerprint density at radius 3 is 2.65 bits per heavy atom. The van der Waals surface area contributed by atoms with Crippen molar-refractivity contribution in [1.29, 1.82) is 0 Å². The minimum Gasteiger partial charge on any atom is -0.481 e. The van der Waals surface area contributed by atoms with E-state index in [1.807, 2.05) is 0 Å². The molecule has 0 saturated carbocycles. The minimum absolute atomic E-state index is 0.166. The van der Waals surface area contributed by atoms with Crippen LogP contribution in [0.1, 0.15) is 45.6 Å². The standard InChI is InChI=1S/C24H23NO8S/c1-11-9-18(26)33-16-10-13(5-6-14(11)16)32-12(2)21(27)25-22-20(24(29)31-4)19-15(23(28)30-3)7-8-17(19)34-22/h5-6,9-10,12,15H,7-8H2,1-4H3,(H,25,27). The molecular weight excluding hydrogens is 462 g/mol. The fourth-order valence-electron chi connectivity index (χ4n) is 4.09. The molecule has 4 rings (SSSR count). The largest absolute Gasteiger partial charge is 0.481 e. The molecule has 0 saturated heterocycles. The van der Waals surface area contributed by atoms with Gasteiger partial charge in [0.25, 0.3) is 5.91 Å². The second kappa shape index (κ2) is 9.30. The van der Waals surface area contributed by atoms with Gasteiger partial charge in [-0.1, -0.05) is 0 Å². The number of methoxy groups -OCH3 is 2. The Morgan fingerprint density at radius 2 is 1.94 bits per heavy atom. The summed E-state index contributed by atoms with van der Waals surface area (Å²) in [4.78, 5) is 50.2. The molecule has 0 bridgehead atoms. The Morgan fingerprint density at radius 1 is 1.18 bits per heavy atom. The molecule has 34 heavy (non-hydrogen) atoms. The summed E-state index contributed by atoms with van der Waals surface area (Å²) in [6, 6.07) is 6.38. The van der Waals surface area contributed by atoms with Crippen molar-refractivity contribution >= 4 is 45.2 Å². The lowest BCUT2D eigenvalue weighted by atomic mass is 9.99. The molecule has 0 spiro atoms. The second-order valence-corrected chi connectivity index (χ2v) is 9.01. The summed E-state index contributed by atoms with van der Waals surface area (Å²) in [7, 11) is 2.54. The van der Waals surface area contributed by atoms with Crippen molar-refractivity contribution < 1.29 is 33.0 Å². The van der Waals surface area contributed by atoms with Gasteiger partial charge in [-0.3, -0.25) is 9.59 Å². The van der Waals surface area contributed by atoms with Crippen molar-refractivity contribution in [2.24, 2.45) is 0 Å². The average molecular weight is 486 g/mol. The first-order valence-electron chi connectivity index (χ1n) is 10.6. The first-order chi connectivity index (χ1) is 16.2. The van der Waals surface area contributed by atoms with E-state index in [1.165, 1.54) is 31.6 Å². The van der Waals surface area contributed by atoms with E-state index in [2.05, 4.69) is 5.32 Å². The number of anilines is 1. The normalized spacial score (nSPS) is 15.5. The summed E-state index contributed by atoms with van der Waals surface area (Å²) >= 11 is 1.24. The fourth-order valence-corrected chi connectivity index (χ4v) is 5.35. The maximum atomic E-state index is 12.9. The highest BCUT2D eigenvalue weighted by molar-refractivity contribution is 7.17. The number of carbonyl (C=O) groups excluding carboxylic acids is 3. The number of nitrogens with one attached hydrogen (secondary N) is 1. The number of carbonyl (C=O) groups is 3. The first kappa shape index (κ1) is 23.5. The third-order valence-corrected chi connectivity index (χ3v) is 6.93. The zero-order valence-electron chi connectivity index (χ0n) is 19.1. The van der Waals surface area contributed by atoms with Gasteiger partial charge < -0.3 is 23.9 Å². The van der Waals surface area contributed by atoms with Gasteiger partial charge in [-0.05, 0) is 49.9 Å². The van der Waals surface area contributed by atoms with Crippen molar-refractivity contribution in [3.05, 3.63) is 56.3 Å². The van der Waals surface area contributed by atoms with Gasteiger partial charge in [0.2, 0.25) is 0 Å². The molecule has 1 N–H and O–H groups in total. The topological polar surface area (TPSA) is 121 Å². The molecule has 0 fully saturated rings. The Balaban J connectivity index is 1.57. The molecule has 0 radical (unpaired) electrons. The van der Waals surface area contributed by atoms with Crippen LogP contribution in [0.4, 0.5) is 5.00 Å². The highest BCUT2D eigenvalue weighted by Crippen LogP contribution is 2.46. The molecule has 3 aromatic rings. The molecule has 10 heteroatoms. The number of thiophene rings is 1. The maximum absolute atomic E-state index is 12.9.